The zero-order valence-corrected chi connectivity index (χ0v) is 17.6. The molecule has 2 fully saturated rings. The summed E-state index contributed by atoms with van der Waals surface area (Å²) in [4.78, 5) is 25.5. The van der Waals surface area contributed by atoms with Crippen molar-refractivity contribution in [3.8, 4) is 0 Å². The Kier molecular flexibility index (Phi) is 6.06. The van der Waals surface area contributed by atoms with Crippen molar-refractivity contribution in [2.45, 2.75) is 38.2 Å². The largest absolute Gasteiger partial charge is 0.385 e. The lowest BCUT2D eigenvalue weighted by Gasteiger charge is -2.35. The van der Waals surface area contributed by atoms with Gasteiger partial charge in [-0.25, -0.2) is 9.97 Å². The van der Waals surface area contributed by atoms with E-state index in [1.165, 1.54) is 6.42 Å². The molecule has 7 nitrogen and oxygen atoms in total. The van der Waals surface area contributed by atoms with Gasteiger partial charge < -0.3 is 19.5 Å². The van der Waals surface area contributed by atoms with E-state index in [9.17, 15) is 9.90 Å². The third kappa shape index (κ3) is 4.26. The second-order valence-electron chi connectivity index (χ2n) is 8.05. The molecule has 29 heavy (non-hydrogen) atoms. The number of aromatic nitrogens is 3. The first-order chi connectivity index (χ1) is 14.0. The number of likely N-dealkylation sites (tertiary alicyclic amines) is 1. The molecule has 2 aromatic rings. The molecule has 0 spiro atoms. The number of aryl methyl sites for hydroxylation is 1. The number of anilines is 1. The maximum absolute atomic E-state index is 12.7. The fraction of sp³-hybridized carbons (Fsp3) is 0.571. The molecule has 156 valence electrons. The summed E-state index contributed by atoms with van der Waals surface area (Å²) in [6, 6.07) is 1.75. The average molecular weight is 418 g/mol. The molecule has 1 amide bonds. The smallest absolute Gasteiger partial charge is 0.255 e. The number of imidazole rings is 1. The molecule has 1 atom stereocenters. The molecule has 2 saturated heterocycles. The van der Waals surface area contributed by atoms with Gasteiger partial charge in [-0.05, 0) is 44.1 Å². The highest BCUT2D eigenvalue weighted by molar-refractivity contribution is 6.33. The van der Waals surface area contributed by atoms with E-state index in [2.05, 4.69) is 14.9 Å². The van der Waals surface area contributed by atoms with Crippen molar-refractivity contribution < 1.29 is 9.90 Å². The van der Waals surface area contributed by atoms with Crippen molar-refractivity contribution in [3.63, 3.8) is 0 Å². The third-order valence-corrected chi connectivity index (χ3v) is 6.40. The molecule has 8 heteroatoms. The number of pyridine rings is 1. The first-order valence-electron chi connectivity index (χ1n) is 10.4. The minimum Gasteiger partial charge on any atom is -0.385 e. The number of hydrogen-bond donors (Lipinski definition) is 1. The van der Waals surface area contributed by atoms with Crippen LogP contribution in [0.3, 0.4) is 0 Å². The van der Waals surface area contributed by atoms with E-state index in [0.29, 0.717) is 22.2 Å². The summed E-state index contributed by atoms with van der Waals surface area (Å²) in [7, 11) is 1.90. The predicted molar refractivity (Wildman–Crippen MR) is 112 cm³/mol. The highest BCUT2D eigenvalue weighted by Gasteiger charge is 2.30. The number of rotatable bonds is 4. The van der Waals surface area contributed by atoms with Crippen molar-refractivity contribution in [1.29, 1.82) is 0 Å². The highest BCUT2D eigenvalue weighted by atomic mass is 35.5. The van der Waals surface area contributed by atoms with Gasteiger partial charge in [-0.15, -0.1) is 0 Å². The summed E-state index contributed by atoms with van der Waals surface area (Å²) in [5.41, 5.74) is 0.556. The molecule has 0 saturated carbocycles. The zero-order valence-electron chi connectivity index (χ0n) is 16.8. The van der Waals surface area contributed by atoms with Gasteiger partial charge in [-0.2, -0.15) is 0 Å². The maximum atomic E-state index is 12.7. The Bertz CT molecular complexity index is 857. The quantitative estimate of drug-likeness (QED) is 0.827. The predicted octanol–water partition coefficient (Wildman–Crippen LogP) is 3.04. The van der Waals surface area contributed by atoms with Crippen LogP contribution in [0.25, 0.3) is 0 Å². The van der Waals surface area contributed by atoms with E-state index >= 15 is 0 Å². The molecular weight excluding hydrogens is 390 g/mol. The van der Waals surface area contributed by atoms with Gasteiger partial charge in [0, 0.05) is 51.8 Å². The number of carbonyl (C=O) groups excluding carboxylic acids is 1. The van der Waals surface area contributed by atoms with Gasteiger partial charge in [0.25, 0.3) is 5.91 Å². The number of piperidine rings is 2. The Hall–Kier alpha value is -2.12. The van der Waals surface area contributed by atoms with Gasteiger partial charge in [0.15, 0.2) is 0 Å². The summed E-state index contributed by atoms with van der Waals surface area (Å²) in [5.74, 6) is 1.60. The minimum absolute atomic E-state index is 0.0162. The topological polar surface area (TPSA) is 74.5 Å². The lowest BCUT2D eigenvalue weighted by Crippen LogP contribution is -2.37. The van der Waals surface area contributed by atoms with Crippen LogP contribution in [0.1, 0.15) is 54.4 Å². The normalized spacial score (nSPS) is 19.4. The Balaban J connectivity index is 1.39. The number of nitrogens with zero attached hydrogens (tertiary/aromatic N) is 5. The van der Waals surface area contributed by atoms with Crippen molar-refractivity contribution in [2.75, 3.05) is 31.1 Å². The Morgan fingerprint density at radius 2 is 1.90 bits per heavy atom. The second kappa shape index (κ2) is 8.71. The maximum Gasteiger partial charge on any atom is 0.255 e. The number of aliphatic hydroxyl groups is 1. The molecule has 2 aromatic heterocycles. The molecular formula is C21H28ClN5O2. The summed E-state index contributed by atoms with van der Waals surface area (Å²) in [5, 5.41) is 11.2. The number of aliphatic hydroxyl groups excluding tert-OH is 1. The molecule has 0 aromatic carbocycles. The zero-order chi connectivity index (χ0) is 20.4. The Labute approximate surface area is 176 Å². The number of carbonyl (C=O) groups is 1. The van der Waals surface area contributed by atoms with Gasteiger partial charge >= 0.3 is 0 Å². The number of halogens is 1. The standard InChI is InChI=1S/C21H28ClN5O2/c1-25-12-7-23-20(25)18(28)15-5-10-26(11-6-15)19-17(22)13-16(14-24-19)21(29)27-8-3-2-4-9-27/h7,12-15,18,28H,2-6,8-11H2,1H3. The molecule has 2 aliphatic rings. The number of hydrogen-bond acceptors (Lipinski definition) is 5. The minimum atomic E-state index is -0.565. The van der Waals surface area contributed by atoms with Crippen molar-refractivity contribution in [2.24, 2.45) is 13.0 Å². The van der Waals surface area contributed by atoms with Crippen molar-refractivity contribution >= 4 is 23.3 Å². The molecule has 0 radical (unpaired) electrons. The molecule has 1 unspecified atom stereocenters. The van der Waals surface area contributed by atoms with Crippen LogP contribution in [0.4, 0.5) is 5.82 Å². The fourth-order valence-corrected chi connectivity index (χ4v) is 4.65. The fourth-order valence-electron chi connectivity index (χ4n) is 4.36. The second-order valence-corrected chi connectivity index (χ2v) is 8.46. The monoisotopic (exact) mass is 417 g/mol. The van der Waals surface area contributed by atoms with E-state index in [0.717, 1.165) is 51.9 Å². The van der Waals surface area contributed by atoms with Gasteiger partial charge in [0.2, 0.25) is 0 Å². The molecule has 4 rings (SSSR count). The third-order valence-electron chi connectivity index (χ3n) is 6.12. The van der Waals surface area contributed by atoms with E-state index in [1.54, 1.807) is 18.5 Å². The number of amides is 1. The van der Waals surface area contributed by atoms with Gasteiger partial charge in [-0.3, -0.25) is 4.79 Å². The van der Waals surface area contributed by atoms with Crippen LogP contribution >= 0.6 is 11.6 Å². The lowest BCUT2D eigenvalue weighted by atomic mass is 9.90. The summed E-state index contributed by atoms with van der Waals surface area (Å²) in [6.45, 7) is 3.14. The molecule has 1 N–H and O–H groups in total. The van der Waals surface area contributed by atoms with Crippen LogP contribution in [0, 0.1) is 5.92 Å². The van der Waals surface area contributed by atoms with E-state index in [-0.39, 0.29) is 11.8 Å². The Morgan fingerprint density at radius 1 is 1.17 bits per heavy atom. The molecule has 4 heterocycles. The summed E-state index contributed by atoms with van der Waals surface area (Å²) < 4.78 is 1.87. The van der Waals surface area contributed by atoms with Crippen LogP contribution in [-0.4, -0.2) is 56.6 Å². The van der Waals surface area contributed by atoms with E-state index in [1.807, 2.05) is 22.7 Å². The first-order valence-corrected chi connectivity index (χ1v) is 10.8. The van der Waals surface area contributed by atoms with Crippen LogP contribution < -0.4 is 4.90 Å². The van der Waals surface area contributed by atoms with Gasteiger partial charge in [0.05, 0.1) is 10.6 Å². The summed E-state index contributed by atoms with van der Waals surface area (Å²) >= 11 is 6.51. The van der Waals surface area contributed by atoms with Crippen LogP contribution in [0.15, 0.2) is 24.7 Å². The highest BCUT2D eigenvalue weighted by Crippen LogP contribution is 2.33. The van der Waals surface area contributed by atoms with Crippen LogP contribution in [0.5, 0.6) is 0 Å². The van der Waals surface area contributed by atoms with Gasteiger partial charge in [0.1, 0.15) is 17.7 Å². The van der Waals surface area contributed by atoms with Crippen LogP contribution in [-0.2, 0) is 7.05 Å². The molecule has 2 aliphatic heterocycles. The Morgan fingerprint density at radius 3 is 2.52 bits per heavy atom. The summed E-state index contributed by atoms with van der Waals surface area (Å²) in [6.07, 6.45) is 9.62. The van der Waals surface area contributed by atoms with E-state index in [4.69, 9.17) is 11.6 Å². The van der Waals surface area contributed by atoms with Crippen LogP contribution in [0.2, 0.25) is 5.02 Å². The molecule has 0 bridgehead atoms. The SMILES string of the molecule is Cn1ccnc1C(O)C1CCN(c2ncc(C(=O)N3CCCCC3)cc2Cl)CC1. The lowest BCUT2D eigenvalue weighted by molar-refractivity contribution is 0.0723. The van der Waals surface area contributed by atoms with E-state index < -0.39 is 6.10 Å². The van der Waals surface area contributed by atoms with Gasteiger partial charge in [-0.1, -0.05) is 11.6 Å². The average Bonchev–Trinajstić information content (AvgIpc) is 3.19. The first kappa shape index (κ1) is 20.2. The van der Waals surface area contributed by atoms with Crippen molar-refractivity contribution in [1.82, 2.24) is 19.4 Å². The van der Waals surface area contributed by atoms with Crippen molar-refractivity contribution in [3.05, 3.63) is 41.1 Å². The molecule has 0 aliphatic carbocycles.